The van der Waals surface area contributed by atoms with Gasteiger partial charge in [-0.15, -0.1) is 0 Å². The monoisotopic (exact) mass is 772 g/mol. The first-order valence-electron chi connectivity index (χ1n) is 17.2. The van der Waals surface area contributed by atoms with E-state index in [0.717, 1.165) is 0 Å². The third kappa shape index (κ3) is 12.9. The molecular weight excluding hydrogens is 734 g/mol. The molecule has 0 aliphatic carbocycles. The number of halogens is 12. The molecule has 0 bridgehead atoms. The molecule has 0 atom stereocenters. The molecule has 0 fully saturated rings. The highest BCUT2D eigenvalue weighted by atomic mass is 19.4. The van der Waals surface area contributed by atoms with Gasteiger partial charge in [0.1, 0.15) is 0 Å². The summed E-state index contributed by atoms with van der Waals surface area (Å²) >= 11 is 0. The summed E-state index contributed by atoms with van der Waals surface area (Å²) < 4.78 is 159. The van der Waals surface area contributed by atoms with Crippen molar-refractivity contribution in [1.82, 2.24) is 0 Å². The van der Waals surface area contributed by atoms with Gasteiger partial charge in [-0.3, -0.25) is 0 Å². The summed E-state index contributed by atoms with van der Waals surface area (Å²) in [4.78, 5) is 0. The fourth-order valence-electron chi connectivity index (χ4n) is 6.83. The second kappa shape index (κ2) is 16.8. The van der Waals surface area contributed by atoms with Crippen LogP contribution in [-0.4, -0.2) is 39.3 Å². The number of hydrogen-bond acceptors (Lipinski definition) is 2. The van der Waals surface area contributed by atoms with Crippen molar-refractivity contribution in [1.29, 1.82) is 0 Å². The molecular formula is C38H38B2F12N2. The van der Waals surface area contributed by atoms with E-state index >= 15 is 0 Å². The van der Waals surface area contributed by atoms with Crippen molar-refractivity contribution in [3.8, 4) is 0 Å². The fourth-order valence-corrected chi connectivity index (χ4v) is 6.83. The Bertz CT molecular complexity index is 1580. The molecule has 4 N–H and O–H groups in total. The molecule has 4 rings (SSSR count). The van der Waals surface area contributed by atoms with Gasteiger partial charge in [-0.25, -0.2) is 0 Å². The Labute approximate surface area is 306 Å². The SMILES string of the molecule is NC(BCCCCBC(N)(c1cccc(CC(F)(F)F)c1)c1cccc(CC(F)(F)F)c1)(c1cccc(CC(F)(F)F)c1)c1cccc(CC(F)(F)F)c1. The van der Waals surface area contributed by atoms with Gasteiger partial charge < -0.3 is 11.5 Å². The molecule has 290 valence electrons. The lowest BCUT2D eigenvalue weighted by molar-refractivity contribution is -0.128. The van der Waals surface area contributed by atoms with Crippen molar-refractivity contribution in [3.05, 3.63) is 142 Å². The molecule has 16 heteroatoms. The minimum Gasteiger partial charge on any atom is -0.325 e. The smallest absolute Gasteiger partial charge is 0.325 e. The number of benzene rings is 4. The molecule has 0 saturated heterocycles. The number of hydrogen-bond donors (Lipinski definition) is 2. The summed E-state index contributed by atoms with van der Waals surface area (Å²) in [5.74, 6) is 0. The van der Waals surface area contributed by atoms with Crippen LogP contribution >= 0.6 is 0 Å². The molecule has 2 nitrogen and oxygen atoms in total. The minimum atomic E-state index is -4.51. The third-order valence-corrected chi connectivity index (χ3v) is 9.28. The number of unbranched alkanes of at least 4 members (excludes halogenated alkanes) is 1. The van der Waals surface area contributed by atoms with E-state index in [1.165, 1.54) is 97.1 Å². The van der Waals surface area contributed by atoms with Gasteiger partial charge in [0.25, 0.3) is 0 Å². The largest absolute Gasteiger partial charge is 0.393 e. The van der Waals surface area contributed by atoms with E-state index in [2.05, 4.69) is 0 Å². The Hall–Kier alpha value is -3.91. The maximum atomic E-state index is 13.3. The topological polar surface area (TPSA) is 52.0 Å². The van der Waals surface area contributed by atoms with Crippen molar-refractivity contribution < 1.29 is 52.7 Å². The summed E-state index contributed by atoms with van der Waals surface area (Å²) in [5.41, 5.74) is 11.7. The second-order valence-corrected chi connectivity index (χ2v) is 13.8. The van der Waals surface area contributed by atoms with Gasteiger partial charge in [0.2, 0.25) is 0 Å². The highest BCUT2D eigenvalue weighted by Gasteiger charge is 2.36. The molecule has 0 aliphatic heterocycles. The van der Waals surface area contributed by atoms with Crippen LogP contribution in [0.5, 0.6) is 0 Å². The van der Waals surface area contributed by atoms with Crippen molar-refractivity contribution in [3.63, 3.8) is 0 Å². The van der Waals surface area contributed by atoms with Gasteiger partial charge in [-0.05, 0) is 44.5 Å². The van der Waals surface area contributed by atoms with Gasteiger partial charge >= 0.3 is 24.7 Å². The summed E-state index contributed by atoms with van der Waals surface area (Å²) in [5, 5.41) is 0. The zero-order valence-corrected chi connectivity index (χ0v) is 29.0. The zero-order valence-electron chi connectivity index (χ0n) is 29.0. The quantitative estimate of drug-likeness (QED) is 0.0719. The maximum absolute atomic E-state index is 13.3. The van der Waals surface area contributed by atoms with E-state index in [1.54, 1.807) is 0 Å². The minimum absolute atomic E-state index is 0.0702. The Morgan fingerprint density at radius 2 is 0.593 bits per heavy atom. The number of rotatable bonds is 15. The van der Waals surface area contributed by atoms with Gasteiger partial charge in [0.05, 0.1) is 25.7 Å². The molecule has 54 heavy (non-hydrogen) atoms. The Morgan fingerprint density at radius 3 is 0.796 bits per heavy atom. The van der Waals surface area contributed by atoms with Crippen molar-refractivity contribution >= 4 is 14.6 Å². The van der Waals surface area contributed by atoms with Crippen molar-refractivity contribution in [2.45, 2.75) is 86.7 Å². The standard InChI is InChI=1S/C38H38B2F12N2/c41-33(42,43)21-25-7-3-11-29(17-25)37(53,30-12-4-8-26(18-30)22-34(44,45)46)39-15-1-2-16-40-38(54,31-13-5-9-27(19-31)23-35(47,48)49)32-14-6-10-28(20-32)24-36(50,51)52/h3-14,17-20,39-40H,1-2,15-16,21-24,53-54H2. The average Bonchev–Trinajstić information content (AvgIpc) is 3.03. The van der Waals surface area contributed by atoms with Gasteiger partial charge in [-0.1, -0.05) is 123 Å². The van der Waals surface area contributed by atoms with Crippen LogP contribution in [0.4, 0.5) is 52.7 Å². The lowest BCUT2D eigenvalue weighted by atomic mass is 9.48. The first-order chi connectivity index (χ1) is 24.9. The number of nitrogens with two attached hydrogens (primary N) is 2. The van der Waals surface area contributed by atoms with E-state index in [9.17, 15) is 52.7 Å². The van der Waals surface area contributed by atoms with Gasteiger partial charge in [0, 0.05) is 10.9 Å². The third-order valence-electron chi connectivity index (χ3n) is 9.28. The summed E-state index contributed by atoms with van der Waals surface area (Å²) in [6.07, 6.45) is -21.3. The molecule has 0 unspecified atom stereocenters. The predicted octanol–water partition coefficient (Wildman–Crippen LogP) is 9.62. The van der Waals surface area contributed by atoms with Gasteiger partial charge in [-0.2, -0.15) is 52.7 Å². The molecule has 0 radical (unpaired) electrons. The molecule has 0 saturated carbocycles. The lowest BCUT2D eigenvalue weighted by Crippen LogP contribution is -2.44. The molecule has 0 heterocycles. The summed E-state index contributed by atoms with van der Waals surface area (Å²) in [7, 11) is 0.259. The van der Waals surface area contributed by atoms with E-state index in [4.69, 9.17) is 11.5 Å². The van der Waals surface area contributed by atoms with Crippen LogP contribution in [0.1, 0.15) is 57.3 Å². The second-order valence-electron chi connectivity index (χ2n) is 13.8. The molecule has 4 aromatic rings. The van der Waals surface area contributed by atoms with Crippen LogP contribution in [0, 0.1) is 0 Å². The number of alkyl halides is 12. The van der Waals surface area contributed by atoms with Crippen LogP contribution in [0.3, 0.4) is 0 Å². The first kappa shape index (κ1) is 42.8. The Kier molecular flexibility index (Phi) is 13.4. The fraction of sp³-hybridized carbons (Fsp3) is 0.368. The zero-order chi connectivity index (χ0) is 40.0. The first-order valence-corrected chi connectivity index (χ1v) is 17.2. The van der Waals surface area contributed by atoms with E-state index in [-0.39, 0.29) is 59.1 Å². The molecule has 0 aromatic heterocycles. The van der Waals surface area contributed by atoms with E-state index in [0.29, 0.717) is 25.5 Å². The van der Waals surface area contributed by atoms with Crippen LogP contribution in [-0.2, 0) is 36.6 Å². The van der Waals surface area contributed by atoms with Crippen LogP contribution in [0.15, 0.2) is 97.1 Å². The van der Waals surface area contributed by atoms with Crippen LogP contribution in [0.25, 0.3) is 0 Å². The normalized spacial score (nSPS) is 13.2. The summed E-state index contributed by atoms with van der Waals surface area (Å²) in [6.45, 7) is 0. The van der Waals surface area contributed by atoms with Crippen LogP contribution in [0.2, 0.25) is 12.6 Å². The molecule has 0 aliphatic rings. The Morgan fingerprint density at radius 1 is 0.370 bits per heavy atom. The molecule has 0 spiro atoms. The van der Waals surface area contributed by atoms with Crippen LogP contribution < -0.4 is 11.5 Å². The van der Waals surface area contributed by atoms with Crippen molar-refractivity contribution in [2.24, 2.45) is 11.5 Å². The van der Waals surface area contributed by atoms with Gasteiger partial charge in [0.15, 0.2) is 14.6 Å². The average molecular weight is 772 g/mol. The highest BCUT2D eigenvalue weighted by Crippen LogP contribution is 2.34. The van der Waals surface area contributed by atoms with E-state index < -0.39 is 61.3 Å². The molecule has 4 aromatic carbocycles. The summed E-state index contributed by atoms with van der Waals surface area (Å²) in [6, 6.07) is 22.1. The van der Waals surface area contributed by atoms with Crippen molar-refractivity contribution in [2.75, 3.05) is 0 Å². The van der Waals surface area contributed by atoms with E-state index in [1.807, 2.05) is 0 Å². The maximum Gasteiger partial charge on any atom is 0.393 e. The molecule has 0 amide bonds. The lowest BCUT2D eigenvalue weighted by Gasteiger charge is -2.32. The highest BCUT2D eigenvalue weighted by molar-refractivity contribution is 6.42. The predicted molar refractivity (Wildman–Crippen MR) is 188 cm³/mol. The Balaban J connectivity index is 1.57.